The van der Waals surface area contributed by atoms with E-state index in [9.17, 15) is 4.39 Å². The predicted octanol–water partition coefficient (Wildman–Crippen LogP) is 1.92. The summed E-state index contributed by atoms with van der Waals surface area (Å²) in [4.78, 5) is 0. The molecule has 0 heterocycles. The molecular formula is C10H14FN. The number of alkyl halides is 1. The Morgan fingerprint density at radius 1 is 1.33 bits per heavy atom. The lowest BCUT2D eigenvalue weighted by Crippen LogP contribution is -2.10. The van der Waals surface area contributed by atoms with Crippen LogP contribution in [0.4, 0.5) is 4.39 Å². The molecule has 66 valence electrons. The summed E-state index contributed by atoms with van der Waals surface area (Å²) in [5.74, 6) is 0. The molecule has 1 N–H and O–H groups in total. The number of nitrogens with one attached hydrogen (secondary N) is 1. The Labute approximate surface area is 72.6 Å². The Balaban J connectivity index is 2.60. The van der Waals surface area contributed by atoms with Gasteiger partial charge in [0.15, 0.2) is 0 Å². The van der Waals surface area contributed by atoms with E-state index in [-0.39, 0.29) is 6.67 Å². The lowest BCUT2D eigenvalue weighted by atomic mass is 10.1. The predicted molar refractivity (Wildman–Crippen MR) is 48.9 cm³/mol. The molecule has 0 aromatic heterocycles. The zero-order valence-electron chi connectivity index (χ0n) is 7.31. The van der Waals surface area contributed by atoms with E-state index in [1.807, 2.05) is 31.3 Å². The minimum atomic E-state index is -0.368. The minimum absolute atomic E-state index is 0.368. The number of hydrogen-bond acceptors (Lipinski definition) is 1. The summed E-state index contributed by atoms with van der Waals surface area (Å²) in [5, 5.41) is 3.06. The highest BCUT2D eigenvalue weighted by Crippen LogP contribution is 2.06. The van der Waals surface area contributed by atoms with E-state index >= 15 is 0 Å². The molecule has 2 heteroatoms. The smallest absolute Gasteiger partial charge is 0.115 e. The summed E-state index contributed by atoms with van der Waals surface area (Å²) in [6.07, 6.45) is 0.963. The van der Waals surface area contributed by atoms with Crippen LogP contribution in [0.5, 0.6) is 0 Å². The summed E-state index contributed by atoms with van der Waals surface area (Å²) in [7, 11) is 1.92. The summed E-state index contributed by atoms with van der Waals surface area (Å²) < 4.78 is 12.2. The first-order valence-corrected chi connectivity index (χ1v) is 4.15. The van der Waals surface area contributed by atoms with Gasteiger partial charge in [0, 0.05) is 0 Å². The van der Waals surface area contributed by atoms with E-state index in [4.69, 9.17) is 0 Å². The van der Waals surface area contributed by atoms with Crippen LogP contribution in [0.1, 0.15) is 11.1 Å². The van der Waals surface area contributed by atoms with Gasteiger partial charge in [0.1, 0.15) is 6.67 Å². The van der Waals surface area contributed by atoms with Crippen LogP contribution in [-0.4, -0.2) is 13.6 Å². The van der Waals surface area contributed by atoms with Crippen molar-refractivity contribution in [1.82, 2.24) is 5.32 Å². The highest BCUT2D eigenvalue weighted by Gasteiger charge is 1.94. The second-order valence-electron chi connectivity index (χ2n) is 2.81. The standard InChI is InChI=1S/C10H14FN/c1-12-6-5-9-3-2-4-10(7-9)8-11/h2-4,7,12H,5-6,8H2,1H3. The second kappa shape index (κ2) is 4.88. The van der Waals surface area contributed by atoms with Crippen LogP contribution in [0.2, 0.25) is 0 Å². The molecule has 1 nitrogen and oxygen atoms in total. The quantitative estimate of drug-likeness (QED) is 0.722. The van der Waals surface area contributed by atoms with Crippen molar-refractivity contribution in [2.75, 3.05) is 13.6 Å². The monoisotopic (exact) mass is 167 g/mol. The maximum atomic E-state index is 12.2. The van der Waals surface area contributed by atoms with Gasteiger partial charge in [-0.15, -0.1) is 0 Å². The maximum absolute atomic E-state index is 12.2. The molecule has 1 aromatic rings. The molecule has 0 aliphatic heterocycles. The molecule has 0 radical (unpaired) electrons. The van der Waals surface area contributed by atoms with Gasteiger partial charge in [-0.1, -0.05) is 24.3 Å². The molecule has 0 unspecified atom stereocenters. The second-order valence-corrected chi connectivity index (χ2v) is 2.81. The fourth-order valence-electron chi connectivity index (χ4n) is 1.14. The Morgan fingerprint density at radius 2 is 2.08 bits per heavy atom. The third-order valence-corrected chi connectivity index (χ3v) is 1.81. The van der Waals surface area contributed by atoms with Gasteiger partial charge in [0.25, 0.3) is 0 Å². The van der Waals surface area contributed by atoms with E-state index < -0.39 is 0 Å². The summed E-state index contributed by atoms with van der Waals surface area (Å²) in [6.45, 7) is 0.573. The number of hydrogen-bond donors (Lipinski definition) is 1. The van der Waals surface area contributed by atoms with Crippen LogP contribution >= 0.6 is 0 Å². The van der Waals surface area contributed by atoms with E-state index in [1.54, 1.807) is 0 Å². The first-order valence-electron chi connectivity index (χ1n) is 4.15. The maximum Gasteiger partial charge on any atom is 0.115 e. The van der Waals surface area contributed by atoms with E-state index in [2.05, 4.69) is 5.32 Å². The first-order chi connectivity index (χ1) is 5.86. The average molecular weight is 167 g/mol. The van der Waals surface area contributed by atoms with Gasteiger partial charge < -0.3 is 5.32 Å². The number of halogens is 1. The van der Waals surface area contributed by atoms with Crippen molar-refractivity contribution in [2.24, 2.45) is 0 Å². The van der Waals surface area contributed by atoms with E-state index in [1.165, 1.54) is 5.56 Å². The van der Waals surface area contributed by atoms with Gasteiger partial charge in [0.2, 0.25) is 0 Å². The van der Waals surface area contributed by atoms with Crippen molar-refractivity contribution < 1.29 is 4.39 Å². The Hall–Kier alpha value is -0.890. The van der Waals surface area contributed by atoms with Crippen LogP contribution < -0.4 is 5.32 Å². The van der Waals surface area contributed by atoms with Gasteiger partial charge in [-0.05, 0) is 31.1 Å². The number of rotatable bonds is 4. The van der Waals surface area contributed by atoms with Crippen LogP contribution in [0, 0.1) is 0 Å². The Bertz CT molecular complexity index is 235. The molecule has 0 spiro atoms. The van der Waals surface area contributed by atoms with Crippen molar-refractivity contribution >= 4 is 0 Å². The van der Waals surface area contributed by atoms with Crippen LogP contribution in [0.3, 0.4) is 0 Å². The molecule has 1 rings (SSSR count). The highest BCUT2D eigenvalue weighted by atomic mass is 19.1. The van der Waals surface area contributed by atoms with Gasteiger partial charge in [-0.25, -0.2) is 4.39 Å². The normalized spacial score (nSPS) is 10.2. The van der Waals surface area contributed by atoms with Crippen molar-refractivity contribution in [1.29, 1.82) is 0 Å². The molecule has 0 aliphatic carbocycles. The molecule has 0 bridgehead atoms. The Morgan fingerprint density at radius 3 is 2.75 bits per heavy atom. The largest absolute Gasteiger partial charge is 0.319 e. The topological polar surface area (TPSA) is 12.0 Å². The zero-order valence-corrected chi connectivity index (χ0v) is 7.31. The van der Waals surface area contributed by atoms with Crippen molar-refractivity contribution in [3.8, 4) is 0 Å². The van der Waals surface area contributed by atoms with E-state index in [0.717, 1.165) is 18.5 Å². The lowest BCUT2D eigenvalue weighted by Gasteiger charge is -2.01. The SMILES string of the molecule is CNCCc1cccc(CF)c1. The van der Waals surface area contributed by atoms with Crippen molar-refractivity contribution in [2.45, 2.75) is 13.1 Å². The van der Waals surface area contributed by atoms with Gasteiger partial charge in [-0.2, -0.15) is 0 Å². The average Bonchev–Trinajstić information content (AvgIpc) is 2.15. The van der Waals surface area contributed by atoms with Crippen molar-refractivity contribution in [3.05, 3.63) is 35.4 Å². The highest BCUT2D eigenvalue weighted by molar-refractivity contribution is 5.23. The molecule has 0 saturated heterocycles. The molecule has 0 aliphatic rings. The minimum Gasteiger partial charge on any atom is -0.319 e. The van der Waals surface area contributed by atoms with Gasteiger partial charge in [0.05, 0.1) is 0 Å². The van der Waals surface area contributed by atoms with Crippen LogP contribution in [-0.2, 0) is 13.1 Å². The Kier molecular flexibility index (Phi) is 3.74. The fraction of sp³-hybridized carbons (Fsp3) is 0.400. The van der Waals surface area contributed by atoms with Crippen LogP contribution in [0.15, 0.2) is 24.3 Å². The van der Waals surface area contributed by atoms with E-state index in [0.29, 0.717) is 0 Å². The molecule has 12 heavy (non-hydrogen) atoms. The van der Waals surface area contributed by atoms with Gasteiger partial charge in [-0.3, -0.25) is 0 Å². The molecule has 0 atom stereocenters. The number of benzene rings is 1. The fourth-order valence-corrected chi connectivity index (χ4v) is 1.14. The third-order valence-electron chi connectivity index (χ3n) is 1.81. The molecule has 0 fully saturated rings. The van der Waals surface area contributed by atoms with Crippen molar-refractivity contribution in [3.63, 3.8) is 0 Å². The molecule has 1 aromatic carbocycles. The first kappa shape index (κ1) is 9.20. The van der Waals surface area contributed by atoms with Gasteiger partial charge >= 0.3 is 0 Å². The summed E-state index contributed by atoms with van der Waals surface area (Å²) in [5.41, 5.74) is 1.96. The summed E-state index contributed by atoms with van der Waals surface area (Å²) >= 11 is 0. The molecule has 0 amide bonds. The summed E-state index contributed by atoms with van der Waals surface area (Å²) in [6, 6.07) is 7.65. The number of likely N-dealkylation sites (N-methyl/N-ethyl adjacent to an activating group) is 1. The zero-order chi connectivity index (χ0) is 8.81. The molecular weight excluding hydrogens is 153 g/mol. The molecule has 0 saturated carbocycles. The lowest BCUT2D eigenvalue weighted by molar-refractivity contribution is 0.485. The third kappa shape index (κ3) is 2.62. The van der Waals surface area contributed by atoms with Crippen LogP contribution in [0.25, 0.3) is 0 Å².